The van der Waals surface area contributed by atoms with E-state index >= 15 is 0 Å². The van der Waals surface area contributed by atoms with E-state index in [1.807, 2.05) is 0 Å². The van der Waals surface area contributed by atoms with E-state index in [2.05, 4.69) is 0 Å². The summed E-state index contributed by atoms with van der Waals surface area (Å²) < 4.78 is 51.4. The molecule has 2 aromatic carbocycles. The molecule has 106 valence electrons. The maximum absolute atomic E-state index is 12.9. The number of nitrogen functional groups attached to an aromatic ring is 1. The van der Waals surface area contributed by atoms with Crippen LogP contribution in [0.15, 0.2) is 47.4 Å². The topological polar surface area (TPSA) is 26.0 Å². The predicted octanol–water partition coefficient (Wildman–Crippen LogP) is 4.72. The Kier molecular flexibility index (Phi) is 4.23. The Hall–Kier alpha value is -1.69. The van der Waals surface area contributed by atoms with E-state index in [4.69, 9.17) is 5.73 Å². The van der Waals surface area contributed by atoms with Crippen molar-refractivity contribution in [2.75, 3.05) is 5.73 Å². The monoisotopic (exact) mass is 301 g/mol. The lowest BCUT2D eigenvalue weighted by atomic mass is 10.1. The standard InChI is InChI=1S/C14H11F4NS/c15-10-5-6-13(12(19)7-10)20-8-9-3-1-2-4-11(9)14(16,17)18/h1-7H,8,19H2. The fraction of sp³-hybridized carbons (Fsp3) is 0.143. The Morgan fingerprint density at radius 3 is 2.40 bits per heavy atom. The summed E-state index contributed by atoms with van der Waals surface area (Å²) in [4.78, 5) is 0.559. The van der Waals surface area contributed by atoms with E-state index in [-0.39, 0.29) is 17.0 Å². The van der Waals surface area contributed by atoms with Crippen molar-refractivity contribution in [2.45, 2.75) is 16.8 Å². The molecule has 0 aromatic heterocycles. The molecule has 20 heavy (non-hydrogen) atoms. The molecule has 0 aliphatic heterocycles. The maximum atomic E-state index is 12.9. The van der Waals surface area contributed by atoms with Gasteiger partial charge in [-0.05, 0) is 29.8 Å². The van der Waals surface area contributed by atoms with E-state index in [9.17, 15) is 17.6 Å². The Bertz CT molecular complexity index is 610. The molecule has 0 aliphatic carbocycles. The van der Waals surface area contributed by atoms with Crippen LogP contribution in [0.2, 0.25) is 0 Å². The first-order chi connectivity index (χ1) is 9.38. The summed E-state index contributed by atoms with van der Waals surface area (Å²) in [6, 6.07) is 9.22. The summed E-state index contributed by atoms with van der Waals surface area (Å²) in [5, 5.41) is 0. The summed E-state index contributed by atoms with van der Waals surface area (Å²) in [7, 11) is 0. The first-order valence-electron chi connectivity index (χ1n) is 5.71. The zero-order valence-electron chi connectivity index (χ0n) is 10.2. The molecule has 0 unspecified atom stereocenters. The van der Waals surface area contributed by atoms with Gasteiger partial charge in [0.15, 0.2) is 0 Å². The van der Waals surface area contributed by atoms with Crippen LogP contribution in [0.5, 0.6) is 0 Å². The molecule has 2 rings (SSSR count). The Morgan fingerprint density at radius 2 is 1.75 bits per heavy atom. The van der Waals surface area contributed by atoms with E-state index in [1.54, 1.807) is 6.07 Å². The lowest BCUT2D eigenvalue weighted by molar-refractivity contribution is -0.138. The number of rotatable bonds is 3. The highest BCUT2D eigenvalue weighted by atomic mass is 32.2. The van der Waals surface area contributed by atoms with E-state index < -0.39 is 17.6 Å². The number of halogens is 4. The molecule has 0 radical (unpaired) electrons. The third-order valence-electron chi connectivity index (χ3n) is 2.68. The second kappa shape index (κ2) is 5.75. The molecule has 2 N–H and O–H groups in total. The van der Waals surface area contributed by atoms with Crippen LogP contribution in [-0.4, -0.2) is 0 Å². The van der Waals surface area contributed by atoms with Crippen LogP contribution >= 0.6 is 11.8 Å². The molecule has 0 spiro atoms. The van der Waals surface area contributed by atoms with Crippen molar-refractivity contribution >= 4 is 17.4 Å². The molecule has 0 atom stereocenters. The molecule has 0 bridgehead atoms. The fourth-order valence-electron chi connectivity index (χ4n) is 1.73. The molecule has 2 aromatic rings. The summed E-state index contributed by atoms with van der Waals surface area (Å²) in [6.07, 6.45) is -4.38. The predicted molar refractivity (Wildman–Crippen MR) is 71.8 cm³/mol. The minimum atomic E-state index is -4.38. The second-order valence-corrected chi connectivity index (χ2v) is 5.14. The highest BCUT2D eigenvalue weighted by Gasteiger charge is 2.32. The maximum Gasteiger partial charge on any atom is 0.416 e. The van der Waals surface area contributed by atoms with Crippen LogP contribution in [0.25, 0.3) is 0 Å². The summed E-state index contributed by atoms with van der Waals surface area (Å²) in [5.41, 5.74) is 5.36. The first-order valence-corrected chi connectivity index (χ1v) is 6.69. The summed E-state index contributed by atoms with van der Waals surface area (Å²) >= 11 is 1.15. The fourth-order valence-corrected chi connectivity index (χ4v) is 2.68. The van der Waals surface area contributed by atoms with Crippen LogP contribution in [0, 0.1) is 5.82 Å². The number of thioether (sulfide) groups is 1. The van der Waals surface area contributed by atoms with Crippen molar-refractivity contribution < 1.29 is 17.6 Å². The van der Waals surface area contributed by atoms with Crippen LogP contribution in [-0.2, 0) is 11.9 Å². The largest absolute Gasteiger partial charge is 0.416 e. The molecule has 0 aliphatic rings. The van der Waals surface area contributed by atoms with Crippen molar-refractivity contribution in [3.63, 3.8) is 0 Å². The number of hydrogen-bond donors (Lipinski definition) is 1. The van der Waals surface area contributed by atoms with Gasteiger partial charge in [-0.3, -0.25) is 0 Å². The van der Waals surface area contributed by atoms with Gasteiger partial charge in [-0.15, -0.1) is 11.8 Å². The van der Waals surface area contributed by atoms with Gasteiger partial charge >= 0.3 is 6.18 Å². The van der Waals surface area contributed by atoms with Crippen molar-refractivity contribution in [3.8, 4) is 0 Å². The lowest BCUT2D eigenvalue weighted by Gasteiger charge is -2.12. The molecule has 1 nitrogen and oxygen atoms in total. The Morgan fingerprint density at radius 1 is 1.05 bits per heavy atom. The third kappa shape index (κ3) is 3.45. The molecule has 6 heteroatoms. The summed E-state index contributed by atoms with van der Waals surface area (Å²) in [6.45, 7) is 0. The smallest absolute Gasteiger partial charge is 0.398 e. The van der Waals surface area contributed by atoms with Gasteiger partial charge in [0.2, 0.25) is 0 Å². The van der Waals surface area contributed by atoms with Crippen LogP contribution in [0.4, 0.5) is 23.2 Å². The average molecular weight is 301 g/mol. The van der Waals surface area contributed by atoms with Crippen molar-refractivity contribution in [1.29, 1.82) is 0 Å². The Labute approximate surface area is 117 Å². The van der Waals surface area contributed by atoms with E-state index in [1.165, 1.54) is 24.3 Å². The lowest BCUT2D eigenvalue weighted by Crippen LogP contribution is -2.08. The van der Waals surface area contributed by atoms with Crippen LogP contribution < -0.4 is 5.73 Å². The number of anilines is 1. The molecule has 0 saturated heterocycles. The minimum Gasteiger partial charge on any atom is -0.398 e. The molecule has 0 saturated carbocycles. The molecular weight excluding hydrogens is 290 g/mol. The van der Waals surface area contributed by atoms with Gasteiger partial charge in [0.05, 0.1) is 5.56 Å². The second-order valence-electron chi connectivity index (χ2n) is 4.13. The number of nitrogens with two attached hydrogens (primary N) is 1. The molecule has 0 amide bonds. The Balaban J connectivity index is 2.19. The molecular formula is C14H11F4NS. The molecule has 0 fully saturated rings. The van der Waals surface area contributed by atoms with E-state index in [0.29, 0.717) is 4.90 Å². The van der Waals surface area contributed by atoms with Crippen molar-refractivity contribution in [3.05, 3.63) is 59.4 Å². The zero-order chi connectivity index (χ0) is 14.8. The third-order valence-corrected chi connectivity index (χ3v) is 3.82. The van der Waals surface area contributed by atoms with Gasteiger partial charge in [0.1, 0.15) is 5.82 Å². The summed E-state index contributed by atoms with van der Waals surface area (Å²) in [5.74, 6) is -0.353. The van der Waals surface area contributed by atoms with Crippen LogP contribution in [0.3, 0.4) is 0 Å². The average Bonchev–Trinajstić information content (AvgIpc) is 2.37. The van der Waals surface area contributed by atoms with Gasteiger partial charge in [-0.2, -0.15) is 13.2 Å². The van der Waals surface area contributed by atoms with Gasteiger partial charge in [0, 0.05) is 16.3 Å². The number of benzene rings is 2. The highest BCUT2D eigenvalue weighted by molar-refractivity contribution is 7.98. The molecule has 0 heterocycles. The van der Waals surface area contributed by atoms with Crippen LogP contribution in [0.1, 0.15) is 11.1 Å². The first kappa shape index (κ1) is 14.7. The van der Waals surface area contributed by atoms with Gasteiger partial charge in [-0.1, -0.05) is 18.2 Å². The van der Waals surface area contributed by atoms with Gasteiger partial charge < -0.3 is 5.73 Å². The SMILES string of the molecule is Nc1cc(F)ccc1SCc1ccccc1C(F)(F)F. The van der Waals surface area contributed by atoms with Gasteiger partial charge in [0.25, 0.3) is 0 Å². The number of alkyl halides is 3. The van der Waals surface area contributed by atoms with E-state index in [0.717, 1.165) is 23.9 Å². The highest BCUT2D eigenvalue weighted by Crippen LogP contribution is 2.35. The quantitative estimate of drug-likeness (QED) is 0.504. The van der Waals surface area contributed by atoms with Crippen molar-refractivity contribution in [2.24, 2.45) is 0 Å². The minimum absolute atomic E-state index is 0.117. The normalized spacial score (nSPS) is 11.6. The zero-order valence-corrected chi connectivity index (χ0v) is 11.1. The van der Waals surface area contributed by atoms with Crippen molar-refractivity contribution in [1.82, 2.24) is 0 Å². The van der Waals surface area contributed by atoms with Gasteiger partial charge in [-0.25, -0.2) is 4.39 Å². The number of hydrogen-bond acceptors (Lipinski definition) is 2.